The van der Waals surface area contributed by atoms with E-state index in [-0.39, 0.29) is 5.91 Å². The van der Waals surface area contributed by atoms with Crippen LogP contribution in [0, 0.1) is 20.8 Å². The molecule has 2 aromatic rings. The first-order valence-corrected chi connectivity index (χ1v) is 7.44. The molecule has 1 N–H and O–H groups in total. The van der Waals surface area contributed by atoms with Crippen LogP contribution in [0.2, 0.25) is 0 Å². The maximum atomic E-state index is 12.7. The number of H-pyrrole nitrogens is 1. The van der Waals surface area contributed by atoms with Crippen molar-refractivity contribution in [2.75, 3.05) is 14.2 Å². The van der Waals surface area contributed by atoms with E-state index in [9.17, 15) is 9.59 Å². The summed E-state index contributed by atoms with van der Waals surface area (Å²) in [6.45, 7) is 6.05. The molecule has 0 aliphatic carbocycles. The Kier molecular flexibility index (Phi) is 4.89. The van der Waals surface area contributed by atoms with Crippen molar-refractivity contribution in [1.82, 2.24) is 9.88 Å². The number of benzene rings is 1. The number of aryl methyl sites for hydroxylation is 2. The number of rotatable bonds is 4. The number of nitrogens with one attached hydrogen (secondary N) is 1. The maximum Gasteiger partial charge on any atom is 0.339 e. The van der Waals surface area contributed by atoms with Crippen LogP contribution in [0.4, 0.5) is 0 Å². The average molecular weight is 314 g/mol. The van der Waals surface area contributed by atoms with Crippen LogP contribution in [-0.2, 0) is 11.3 Å². The number of methoxy groups -OCH3 is 1. The van der Waals surface area contributed by atoms with E-state index in [0.717, 1.165) is 11.1 Å². The Morgan fingerprint density at radius 3 is 2.43 bits per heavy atom. The van der Waals surface area contributed by atoms with E-state index in [2.05, 4.69) is 4.98 Å². The molecule has 0 fully saturated rings. The van der Waals surface area contributed by atoms with E-state index in [4.69, 9.17) is 4.74 Å². The third kappa shape index (κ3) is 3.28. The fraction of sp³-hybridized carbons (Fsp3) is 0.333. The van der Waals surface area contributed by atoms with E-state index in [0.29, 0.717) is 29.1 Å². The lowest BCUT2D eigenvalue weighted by Gasteiger charge is -2.18. The molecule has 0 aliphatic heterocycles. The van der Waals surface area contributed by atoms with Crippen molar-refractivity contribution in [3.05, 3.63) is 57.9 Å². The highest BCUT2D eigenvalue weighted by atomic mass is 16.5. The first-order valence-electron chi connectivity index (χ1n) is 7.44. The number of carbonyl (C=O) groups is 2. The zero-order valence-corrected chi connectivity index (χ0v) is 14.2. The zero-order chi connectivity index (χ0) is 17.1. The van der Waals surface area contributed by atoms with Gasteiger partial charge in [-0.1, -0.05) is 24.3 Å². The number of amides is 1. The minimum atomic E-state index is -0.433. The van der Waals surface area contributed by atoms with Gasteiger partial charge >= 0.3 is 5.97 Å². The van der Waals surface area contributed by atoms with Crippen molar-refractivity contribution >= 4 is 11.9 Å². The van der Waals surface area contributed by atoms with Gasteiger partial charge in [-0.05, 0) is 37.5 Å². The molecule has 2 rings (SSSR count). The molecule has 0 radical (unpaired) electrons. The molecular formula is C18H22N2O3. The molecule has 0 aliphatic rings. The minimum Gasteiger partial charge on any atom is -0.465 e. The molecule has 1 aromatic carbocycles. The lowest BCUT2D eigenvalue weighted by molar-refractivity contribution is 0.0599. The Hall–Kier alpha value is -2.56. The molecule has 1 amide bonds. The Morgan fingerprint density at radius 2 is 1.83 bits per heavy atom. The van der Waals surface area contributed by atoms with Crippen molar-refractivity contribution in [1.29, 1.82) is 0 Å². The summed E-state index contributed by atoms with van der Waals surface area (Å²) in [5, 5.41) is 0. The normalized spacial score (nSPS) is 10.5. The van der Waals surface area contributed by atoms with Crippen LogP contribution >= 0.6 is 0 Å². The first kappa shape index (κ1) is 16.8. The lowest BCUT2D eigenvalue weighted by Crippen LogP contribution is -2.27. The number of esters is 1. The fourth-order valence-corrected chi connectivity index (χ4v) is 2.68. The molecule has 0 saturated carbocycles. The molecule has 1 heterocycles. The highest BCUT2D eigenvalue weighted by molar-refractivity contribution is 6.00. The molecule has 5 heteroatoms. The van der Waals surface area contributed by atoms with Gasteiger partial charge in [0.05, 0.1) is 12.7 Å². The van der Waals surface area contributed by atoms with Crippen molar-refractivity contribution in [2.45, 2.75) is 27.3 Å². The third-order valence-electron chi connectivity index (χ3n) is 4.06. The van der Waals surface area contributed by atoms with Crippen LogP contribution in [0.25, 0.3) is 0 Å². The van der Waals surface area contributed by atoms with Gasteiger partial charge in [-0.3, -0.25) is 4.79 Å². The second kappa shape index (κ2) is 6.69. The molecule has 0 spiro atoms. The molecule has 1 aromatic heterocycles. The SMILES string of the molecule is COC(=O)c1c(C)[nH]c(C(=O)N(C)Cc2ccccc2C)c1C. The van der Waals surface area contributed by atoms with Gasteiger partial charge in [-0.25, -0.2) is 4.79 Å². The van der Waals surface area contributed by atoms with Gasteiger partial charge in [-0.2, -0.15) is 0 Å². The largest absolute Gasteiger partial charge is 0.465 e. The van der Waals surface area contributed by atoms with Crippen LogP contribution in [0.3, 0.4) is 0 Å². The van der Waals surface area contributed by atoms with Crippen molar-refractivity contribution < 1.29 is 14.3 Å². The highest BCUT2D eigenvalue weighted by Gasteiger charge is 2.24. The highest BCUT2D eigenvalue weighted by Crippen LogP contribution is 2.21. The number of nitrogens with zero attached hydrogens (tertiary/aromatic N) is 1. The van der Waals surface area contributed by atoms with Crippen molar-refractivity contribution in [3.63, 3.8) is 0 Å². The second-order valence-electron chi connectivity index (χ2n) is 5.70. The summed E-state index contributed by atoms with van der Waals surface area (Å²) >= 11 is 0. The van der Waals surface area contributed by atoms with Gasteiger partial charge in [0.2, 0.25) is 0 Å². The Labute approximate surface area is 136 Å². The lowest BCUT2D eigenvalue weighted by atomic mass is 10.1. The smallest absolute Gasteiger partial charge is 0.339 e. The van der Waals surface area contributed by atoms with Gasteiger partial charge in [0.15, 0.2) is 0 Å². The summed E-state index contributed by atoms with van der Waals surface area (Å²) in [4.78, 5) is 29.2. The number of hydrogen-bond acceptors (Lipinski definition) is 3. The van der Waals surface area contributed by atoms with Crippen molar-refractivity contribution in [2.24, 2.45) is 0 Å². The molecular weight excluding hydrogens is 292 g/mol. The number of aromatic nitrogens is 1. The average Bonchev–Trinajstić information content (AvgIpc) is 2.82. The van der Waals surface area contributed by atoms with Crippen LogP contribution < -0.4 is 0 Å². The third-order valence-corrected chi connectivity index (χ3v) is 4.06. The Balaban J connectivity index is 2.27. The molecule has 0 saturated heterocycles. The molecule has 0 unspecified atom stereocenters. The van der Waals surface area contributed by atoms with Crippen LogP contribution in [-0.4, -0.2) is 35.9 Å². The number of hydrogen-bond donors (Lipinski definition) is 1. The second-order valence-corrected chi connectivity index (χ2v) is 5.70. The predicted molar refractivity (Wildman–Crippen MR) is 88.6 cm³/mol. The molecule has 0 atom stereocenters. The van der Waals surface area contributed by atoms with Crippen LogP contribution in [0.1, 0.15) is 43.2 Å². The van der Waals surface area contributed by atoms with E-state index < -0.39 is 5.97 Å². The first-order chi connectivity index (χ1) is 10.9. The van der Waals surface area contributed by atoms with Gasteiger partial charge in [0.25, 0.3) is 5.91 Å². The molecule has 122 valence electrons. The summed E-state index contributed by atoms with van der Waals surface area (Å²) in [5.41, 5.74) is 4.36. The van der Waals surface area contributed by atoms with Gasteiger partial charge in [0.1, 0.15) is 5.69 Å². The topological polar surface area (TPSA) is 62.4 Å². The Bertz CT molecular complexity index is 747. The van der Waals surface area contributed by atoms with E-state index in [1.54, 1.807) is 25.8 Å². The molecule has 0 bridgehead atoms. The summed E-state index contributed by atoms with van der Waals surface area (Å²) < 4.78 is 4.78. The standard InChI is InChI=1S/C18H22N2O3/c1-11-8-6-7-9-14(11)10-20(4)17(21)16-12(2)15(13(3)19-16)18(22)23-5/h6-9,19H,10H2,1-5H3. The van der Waals surface area contributed by atoms with Gasteiger partial charge in [0, 0.05) is 19.3 Å². The van der Waals surface area contributed by atoms with Gasteiger partial charge in [-0.15, -0.1) is 0 Å². The van der Waals surface area contributed by atoms with E-state index in [1.807, 2.05) is 31.2 Å². The monoisotopic (exact) mass is 314 g/mol. The fourth-order valence-electron chi connectivity index (χ4n) is 2.68. The van der Waals surface area contributed by atoms with E-state index in [1.165, 1.54) is 7.11 Å². The molecule has 5 nitrogen and oxygen atoms in total. The van der Waals surface area contributed by atoms with E-state index >= 15 is 0 Å². The number of carbonyl (C=O) groups excluding carboxylic acids is 2. The minimum absolute atomic E-state index is 0.149. The van der Waals surface area contributed by atoms with Crippen molar-refractivity contribution in [3.8, 4) is 0 Å². The zero-order valence-electron chi connectivity index (χ0n) is 14.2. The predicted octanol–water partition coefficient (Wildman–Crippen LogP) is 3.00. The summed E-state index contributed by atoms with van der Waals surface area (Å²) in [6.07, 6.45) is 0. The van der Waals surface area contributed by atoms with Crippen LogP contribution in [0.15, 0.2) is 24.3 Å². The molecule has 23 heavy (non-hydrogen) atoms. The maximum absolute atomic E-state index is 12.7. The summed E-state index contributed by atoms with van der Waals surface area (Å²) in [5.74, 6) is -0.583. The van der Waals surface area contributed by atoms with Crippen LogP contribution in [0.5, 0.6) is 0 Å². The number of aromatic amines is 1. The quantitative estimate of drug-likeness (QED) is 0.882. The summed E-state index contributed by atoms with van der Waals surface area (Å²) in [6, 6.07) is 7.96. The Morgan fingerprint density at radius 1 is 1.17 bits per heavy atom. The van der Waals surface area contributed by atoms with Gasteiger partial charge < -0.3 is 14.6 Å². The number of ether oxygens (including phenoxy) is 1. The summed E-state index contributed by atoms with van der Waals surface area (Å²) in [7, 11) is 3.09.